The first-order chi connectivity index (χ1) is 29.4. The molecule has 2 atom stereocenters. The Kier molecular flexibility index (Phi) is 47.0. The number of aliphatic hydroxyl groups is 1. The molecule has 0 amide bonds. The standard InChI is InChI=1S/C53H102N2O5/c1-5-7-9-11-13-15-17-19-21-23-25-27-29-31-35-43-52(57)59-47-38-33-34-42-51(56)50(49-54-45-40-46-55(3)4)41-37-39-48-60-53(58)44-36-32-30-28-26-24-22-20-18-16-14-12-10-8-6-2/h19-22,50-51,54,56H,5-18,23-49H2,1-4H3/b21-19-,22-20-. The molecule has 7 heteroatoms. The highest BCUT2D eigenvalue weighted by molar-refractivity contribution is 5.69. The molecule has 0 bridgehead atoms. The van der Waals surface area contributed by atoms with E-state index >= 15 is 0 Å². The summed E-state index contributed by atoms with van der Waals surface area (Å²) < 4.78 is 11.1. The summed E-state index contributed by atoms with van der Waals surface area (Å²) in [6.45, 7) is 8.28. The fraction of sp³-hybridized carbons (Fsp3) is 0.887. The maximum Gasteiger partial charge on any atom is 0.305 e. The van der Waals surface area contributed by atoms with Gasteiger partial charge in [0.1, 0.15) is 0 Å². The Balaban J connectivity index is 3.99. The normalized spacial score (nSPS) is 12.9. The third-order valence-electron chi connectivity index (χ3n) is 11.8. The average molecular weight is 847 g/mol. The Morgan fingerprint density at radius 3 is 1.33 bits per heavy atom. The van der Waals surface area contributed by atoms with Crippen LogP contribution in [0, 0.1) is 5.92 Å². The minimum Gasteiger partial charge on any atom is -0.466 e. The Labute approximate surface area is 373 Å². The van der Waals surface area contributed by atoms with Crippen LogP contribution < -0.4 is 5.32 Å². The number of hydrogen-bond acceptors (Lipinski definition) is 7. The molecule has 2 N–H and O–H groups in total. The predicted molar refractivity (Wildman–Crippen MR) is 259 cm³/mol. The monoisotopic (exact) mass is 847 g/mol. The van der Waals surface area contributed by atoms with Crippen LogP contribution in [0.3, 0.4) is 0 Å². The molecule has 0 spiro atoms. The first kappa shape index (κ1) is 58.3. The van der Waals surface area contributed by atoms with Gasteiger partial charge in [-0.2, -0.15) is 0 Å². The molecule has 0 rings (SSSR count). The van der Waals surface area contributed by atoms with E-state index in [1.807, 2.05) is 0 Å². The van der Waals surface area contributed by atoms with Gasteiger partial charge in [0.25, 0.3) is 0 Å². The van der Waals surface area contributed by atoms with Crippen molar-refractivity contribution in [2.24, 2.45) is 5.92 Å². The molecule has 0 aromatic rings. The third-order valence-corrected chi connectivity index (χ3v) is 11.8. The molecule has 0 aliphatic carbocycles. The molecule has 0 aromatic heterocycles. The number of nitrogens with one attached hydrogen (secondary N) is 1. The molecule has 60 heavy (non-hydrogen) atoms. The molecule has 0 fully saturated rings. The van der Waals surface area contributed by atoms with E-state index in [4.69, 9.17) is 9.47 Å². The van der Waals surface area contributed by atoms with Gasteiger partial charge < -0.3 is 24.8 Å². The SMILES string of the molecule is CCCCCCCC/C=C\CCCCCCCC(=O)OCCCCCC(O)C(CCCCOC(=O)CCCCCCC/C=C\CCCCCCCC)CNCCCN(C)C. The number of ether oxygens (including phenoxy) is 2. The largest absolute Gasteiger partial charge is 0.466 e. The minimum absolute atomic E-state index is 0.0678. The minimum atomic E-state index is -0.362. The topological polar surface area (TPSA) is 88.1 Å². The van der Waals surface area contributed by atoms with Crippen LogP contribution in [0.15, 0.2) is 24.3 Å². The van der Waals surface area contributed by atoms with Crippen molar-refractivity contribution in [1.29, 1.82) is 0 Å². The van der Waals surface area contributed by atoms with Gasteiger partial charge in [-0.25, -0.2) is 0 Å². The fourth-order valence-corrected chi connectivity index (χ4v) is 7.81. The lowest BCUT2D eigenvalue weighted by molar-refractivity contribution is -0.144. The van der Waals surface area contributed by atoms with Crippen LogP contribution in [0.4, 0.5) is 0 Å². The molecule has 354 valence electrons. The van der Waals surface area contributed by atoms with Gasteiger partial charge in [-0.3, -0.25) is 9.59 Å². The van der Waals surface area contributed by atoms with Crippen LogP contribution >= 0.6 is 0 Å². The third kappa shape index (κ3) is 45.8. The number of unbranched alkanes of at least 4 members (excludes halogenated alkanes) is 25. The number of rotatable bonds is 48. The van der Waals surface area contributed by atoms with E-state index in [1.165, 1.54) is 141 Å². The van der Waals surface area contributed by atoms with Crippen molar-refractivity contribution in [3.63, 3.8) is 0 Å². The van der Waals surface area contributed by atoms with Gasteiger partial charge in [-0.05, 0) is 142 Å². The molecule has 2 unspecified atom stereocenters. The first-order valence-corrected chi connectivity index (χ1v) is 26.0. The molecule has 0 heterocycles. The summed E-state index contributed by atoms with van der Waals surface area (Å²) in [6, 6.07) is 0. The zero-order valence-electron chi connectivity index (χ0n) is 40.5. The van der Waals surface area contributed by atoms with Gasteiger partial charge in [0.05, 0.1) is 19.3 Å². The Morgan fingerprint density at radius 2 is 0.883 bits per heavy atom. The smallest absolute Gasteiger partial charge is 0.305 e. The highest BCUT2D eigenvalue weighted by Crippen LogP contribution is 2.19. The Bertz CT molecular complexity index is 954. The average Bonchev–Trinajstić information content (AvgIpc) is 3.23. The van der Waals surface area contributed by atoms with Crippen molar-refractivity contribution in [1.82, 2.24) is 10.2 Å². The summed E-state index contributed by atoms with van der Waals surface area (Å²) in [4.78, 5) is 26.7. The molecular formula is C53H102N2O5. The summed E-state index contributed by atoms with van der Waals surface area (Å²) in [5, 5.41) is 14.7. The molecule has 0 aromatic carbocycles. The lowest BCUT2D eigenvalue weighted by Gasteiger charge is -2.24. The number of carbonyl (C=O) groups excluding carboxylic acids is 2. The molecular weight excluding hydrogens is 745 g/mol. The zero-order chi connectivity index (χ0) is 43.8. The molecule has 0 aliphatic rings. The van der Waals surface area contributed by atoms with Crippen LogP contribution in [0.2, 0.25) is 0 Å². The Hall–Kier alpha value is -1.70. The summed E-state index contributed by atoms with van der Waals surface area (Å²) in [7, 11) is 4.19. The van der Waals surface area contributed by atoms with Gasteiger partial charge in [-0.15, -0.1) is 0 Å². The first-order valence-electron chi connectivity index (χ1n) is 26.0. The second-order valence-corrected chi connectivity index (χ2v) is 18.1. The van der Waals surface area contributed by atoms with E-state index in [0.717, 1.165) is 96.7 Å². The van der Waals surface area contributed by atoms with E-state index in [1.54, 1.807) is 0 Å². The van der Waals surface area contributed by atoms with Crippen molar-refractivity contribution in [2.75, 3.05) is 46.9 Å². The van der Waals surface area contributed by atoms with Crippen molar-refractivity contribution < 1.29 is 24.2 Å². The van der Waals surface area contributed by atoms with Crippen molar-refractivity contribution in [3.05, 3.63) is 24.3 Å². The maximum absolute atomic E-state index is 12.3. The second kappa shape index (κ2) is 48.3. The molecule has 0 aliphatic heterocycles. The lowest BCUT2D eigenvalue weighted by atomic mass is 9.92. The van der Waals surface area contributed by atoms with Gasteiger partial charge in [0, 0.05) is 19.4 Å². The second-order valence-electron chi connectivity index (χ2n) is 18.1. The number of aliphatic hydroxyl groups excluding tert-OH is 1. The van der Waals surface area contributed by atoms with Crippen molar-refractivity contribution in [3.8, 4) is 0 Å². The van der Waals surface area contributed by atoms with Crippen LogP contribution in [-0.2, 0) is 19.1 Å². The summed E-state index contributed by atoms with van der Waals surface area (Å²) in [6.07, 6.45) is 50.0. The fourth-order valence-electron chi connectivity index (χ4n) is 7.81. The molecule has 0 radical (unpaired) electrons. The zero-order valence-corrected chi connectivity index (χ0v) is 40.5. The van der Waals surface area contributed by atoms with E-state index < -0.39 is 0 Å². The van der Waals surface area contributed by atoms with Gasteiger partial charge in [0.15, 0.2) is 0 Å². The molecule has 0 saturated carbocycles. The quantitative estimate of drug-likeness (QED) is 0.0358. The molecule has 0 saturated heterocycles. The number of carbonyl (C=O) groups is 2. The van der Waals surface area contributed by atoms with Gasteiger partial charge >= 0.3 is 11.9 Å². The van der Waals surface area contributed by atoms with E-state index in [-0.39, 0.29) is 24.0 Å². The van der Waals surface area contributed by atoms with E-state index in [0.29, 0.717) is 26.1 Å². The van der Waals surface area contributed by atoms with Crippen molar-refractivity contribution in [2.45, 2.75) is 251 Å². The van der Waals surface area contributed by atoms with Crippen LogP contribution in [0.5, 0.6) is 0 Å². The number of allylic oxidation sites excluding steroid dienone is 4. The summed E-state index contributed by atoms with van der Waals surface area (Å²) in [5.74, 6) is 0.0439. The number of hydrogen-bond donors (Lipinski definition) is 2. The van der Waals surface area contributed by atoms with Gasteiger partial charge in [0.2, 0.25) is 0 Å². The summed E-state index contributed by atoms with van der Waals surface area (Å²) in [5.41, 5.74) is 0. The number of esters is 2. The maximum atomic E-state index is 12.3. The van der Waals surface area contributed by atoms with Crippen molar-refractivity contribution >= 4 is 11.9 Å². The lowest BCUT2D eigenvalue weighted by Crippen LogP contribution is -2.33. The van der Waals surface area contributed by atoms with Crippen LogP contribution in [0.1, 0.15) is 245 Å². The number of nitrogens with zero attached hydrogens (tertiary/aromatic N) is 1. The Morgan fingerprint density at radius 1 is 0.500 bits per heavy atom. The van der Waals surface area contributed by atoms with Gasteiger partial charge in [-0.1, -0.05) is 147 Å². The predicted octanol–water partition coefficient (Wildman–Crippen LogP) is 14.4. The van der Waals surface area contributed by atoms with E-state index in [9.17, 15) is 14.7 Å². The highest BCUT2D eigenvalue weighted by Gasteiger charge is 2.19. The summed E-state index contributed by atoms with van der Waals surface area (Å²) >= 11 is 0. The van der Waals surface area contributed by atoms with Crippen LogP contribution in [0.25, 0.3) is 0 Å². The molecule has 7 nitrogen and oxygen atoms in total. The highest BCUT2D eigenvalue weighted by atomic mass is 16.5. The van der Waals surface area contributed by atoms with E-state index in [2.05, 4.69) is 62.5 Å². The van der Waals surface area contributed by atoms with Crippen LogP contribution in [-0.4, -0.2) is 75.0 Å².